The van der Waals surface area contributed by atoms with E-state index in [1.54, 1.807) is 31.5 Å². The molecule has 142 valence electrons. The molecule has 0 unspecified atom stereocenters. The highest BCUT2D eigenvalue weighted by molar-refractivity contribution is 5.86. The van der Waals surface area contributed by atoms with Crippen LogP contribution in [0.5, 0.6) is 0 Å². The van der Waals surface area contributed by atoms with Crippen LogP contribution in [0.4, 0.5) is 9.18 Å². The van der Waals surface area contributed by atoms with Gasteiger partial charge in [0, 0.05) is 44.9 Å². The molecule has 1 aliphatic heterocycles. The van der Waals surface area contributed by atoms with Crippen molar-refractivity contribution in [3.8, 4) is 0 Å². The van der Waals surface area contributed by atoms with Gasteiger partial charge in [-0.3, -0.25) is 14.6 Å². The topological polar surface area (TPSA) is 101 Å². The molecular formula is C17H23FN4O4. The van der Waals surface area contributed by atoms with Gasteiger partial charge in [0.25, 0.3) is 5.91 Å². The Morgan fingerprint density at radius 3 is 2.50 bits per heavy atom. The van der Waals surface area contributed by atoms with E-state index >= 15 is 0 Å². The van der Waals surface area contributed by atoms with Gasteiger partial charge in [0.1, 0.15) is 6.54 Å². The molecule has 1 aromatic rings. The number of hydrogen-bond donors (Lipinski definition) is 2. The Balaban J connectivity index is 1.77. The lowest BCUT2D eigenvalue weighted by atomic mass is 9.92. The van der Waals surface area contributed by atoms with E-state index in [0.29, 0.717) is 0 Å². The zero-order valence-electron chi connectivity index (χ0n) is 14.7. The van der Waals surface area contributed by atoms with Crippen LogP contribution in [0.3, 0.4) is 0 Å². The maximum Gasteiger partial charge on any atom is 0.325 e. The molecule has 1 fully saturated rings. The van der Waals surface area contributed by atoms with Gasteiger partial charge in [-0.15, -0.1) is 0 Å². The van der Waals surface area contributed by atoms with Gasteiger partial charge in [-0.1, -0.05) is 0 Å². The third-order valence-corrected chi connectivity index (χ3v) is 4.14. The van der Waals surface area contributed by atoms with Crippen LogP contribution in [0.15, 0.2) is 24.5 Å². The maximum atomic E-state index is 14.9. The molecule has 9 heteroatoms. The Kier molecular flexibility index (Phi) is 6.88. The van der Waals surface area contributed by atoms with Crippen molar-refractivity contribution in [2.24, 2.45) is 0 Å². The van der Waals surface area contributed by atoms with Crippen LogP contribution < -0.4 is 10.6 Å². The van der Waals surface area contributed by atoms with Crippen molar-refractivity contribution in [1.29, 1.82) is 0 Å². The smallest absolute Gasteiger partial charge is 0.325 e. The number of nitrogens with zero attached hydrogens (tertiary/aromatic N) is 2. The molecule has 26 heavy (non-hydrogen) atoms. The number of halogens is 1. The number of rotatable bonds is 6. The molecule has 8 nitrogen and oxygen atoms in total. The number of alkyl halides is 1. The van der Waals surface area contributed by atoms with Crippen molar-refractivity contribution in [3.63, 3.8) is 0 Å². The molecule has 0 atom stereocenters. The average Bonchev–Trinajstić information content (AvgIpc) is 2.66. The first kappa shape index (κ1) is 19.6. The number of carbonyl (C=O) groups is 3. The summed E-state index contributed by atoms with van der Waals surface area (Å²) >= 11 is 0. The van der Waals surface area contributed by atoms with E-state index in [2.05, 4.69) is 15.6 Å². The number of pyridine rings is 1. The Labute approximate surface area is 151 Å². The van der Waals surface area contributed by atoms with Crippen molar-refractivity contribution in [3.05, 3.63) is 30.1 Å². The van der Waals surface area contributed by atoms with E-state index in [1.165, 1.54) is 4.90 Å². The first-order chi connectivity index (χ1) is 12.4. The number of amides is 3. The first-order valence-electron chi connectivity index (χ1n) is 8.49. The molecule has 2 N–H and O–H groups in total. The summed E-state index contributed by atoms with van der Waals surface area (Å²) in [6, 6.07) is 3.00. The molecule has 0 saturated carbocycles. The summed E-state index contributed by atoms with van der Waals surface area (Å²) in [5, 5.41) is 5.01. The Morgan fingerprint density at radius 1 is 1.23 bits per heavy atom. The van der Waals surface area contributed by atoms with E-state index in [4.69, 9.17) is 4.74 Å². The molecule has 0 aliphatic carbocycles. The number of hydrogen-bond acceptors (Lipinski definition) is 5. The molecule has 0 radical (unpaired) electrons. The molecule has 2 rings (SSSR count). The molecule has 2 heterocycles. The molecule has 3 amide bonds. The number of nitrogens with one attached hydrogen (secondary N) is 2. The molecule has 1 aromatic heterocycles. The van der Waals surface area contributed by atoms with Crippen molar-refractivity contribution < 1.29 is 23.5 Å². The van der Waals surface area contributed by atoms with E-state index in [1.807, 2.05) is 0 Å². The van der Waals surface area contributed by atoms with Crippen LogP contribution in [0.1, 0.15) is 25.3 Å². The minimum absolute atomic E-state index is 0.0911. The van der Waals surface area contributed by atoms with Crippen molar-refractivity contribution in [1.82, 2.24) is 20.5 Å². The highest BCUT2D eigenvalue weighted by atomic mass is 19.1. The van der Waals surface area contributed by atoms with E-state index in [-0.39, 0.29) is 45.6 Å². The summed E-state index contributed by atoms with van der Waals surface area (Å²) in [5.41, 5.74) is -1.18. The average molecular weight is 366 g/mol. The lowest BCUT2D eigenvalue weighted by Crippen LogP contribution is -2.54. The van der Waals surface area contributed by atoms with Gasteiger partial charge in [-0.25, -0.2) is 9.18 Å². The van der Waals surface area contributed by atoms with Gasteiger partial charge in [-0.05, 0) is 24.6 Å². The Morgan fingerprint density at radius 2 is 1.88 bits per heavy atom. The second-order valence-corrected chi connectivity index (χ2v) is 5.95. The predicted octanol–water partition coefficient (Wildman–Crippen LogP) is 0.775. The monoisotopic (exact) mass is 366 g/mol. The number of likely N-dealkylation sites (tertiary alicyclic amines) is 1. The fourth-order valence-corrected chi connectivity index (χ4v) is 2.60. The normalized spacial score (nSPS) is 15.8. The highest BCUT2D eigenvalue weighted by Gasteiger charge is 2.42. The zero-order chi connectivity index (χ0) is 19.0. The van der Waals surface area contributed by atoms with Crippen molar-refractivity contribution >= 4 is 17.9 Å². The third-order valence-electron chi connectivity index (χ3n) is 4.14. The number of urea groups is 1. The van der Waals surface area contributed by atoms with Crippen LogP contribution in [0, 0.1) is 0 Å². The quantitative estimate of drug-likeness (QED) is 0.725. The van der Waals surface area contributed by atoms with Gasteiger partial charge in [0.15, 0.2) is 5.67 Å². The van der Waals surface area contributed by atoms with E-state index in [9.17, 15) is 18.8 Å². The number of aromatic nitrogens is 1. The van der Waals surface area contributed by atoms with Gasteiger partial charge in [0.2, 0.25) is 0 Å². The van der Waals surface area contributed by atoms with Gasteiger partial charge in [-0.2, -0.15) is 0 Å². The molecule has 0 aromatic carbocycles. The largest absolute Gasteiger partial charge is 0.465 e. The standard InChI is InChI=1S/C17H23FN4O4/c1-2-26-14(23)12-21-16(25)22-9-5-17(18,6-10-22)15(24)20-11-13-3-7-19-8-4-13/h3-4,7-8H,2,5-6,9-12H2,1H3,(H,20,24)(H,21,25). The van der Waals surface area contributed by atoms with Gasteiger partial charge < -0.3 is 20.3 Å². The molecule has 0 spiro atoms. The van der Waals surface area contributed by atoms with E-state index < -0.39 is 23.6 Å². The summed E-state index contributed by atoms with van der Waals surface area (Å²) < 4.78 is 19.6. The van der Waals surface area contributed by atoms with E-state index in [0.717, 1.165) is 5.56 Å². The zero-order valence-corrected chi connectivity index (χ0v) is 14.7. The van der Waals surface area contributed by atoms with Crippen molar-refractivity contribution in [2.75, 3.05) is 26.2 Å². The second-order valence-electron chi connectivity index (χ2n) is 5.95. The van der Waals surface area contributed by atoms with Crippen LogP contribution in [0.25, 0.3) is 0 Å². The SMILES string of the molecule is CCOC(=O)CNC(=O)N1CCC(F)(C(=O)NCc2ccncc2)CC1. The molecule has 0 bridgehead atoms. The van der Waals surface area contributed by atoms with Crippen LogP contribution in [0.2, 0.25) is 0 Å². The first-order valence-corrected chi connectivity index (χ1v) is 8.49. The third kappa shape index (κ3) is 5.40. The number of esters is 1. The molecular weight excluding hydrogens is 343 g/mol. The minimum atomic E-state index is -2.01. The number of ether oxygens (including phenoxy) is 1. The maximum absolute atomic E-state index is 14.9. The summed E-state index contributed by atoms with van der Waals surface area (Å²) in [6.07, 6.45) is 3.00. The minimum Gasteiger partial charge on any atom is -0.465 e. The molecule has 1 saturated heterocycles. The predicted molar refractivity (Wildman–Crippen MR) is 90.8 cm³/mol. The Bertz CT molecular complexity index is 633. The van der Waals surface area contributed by atoms with Crippen LogP contribution >= 0.6 is 0 Å². The Hall–Kier alpha value is -2.71. The highest BCUT2D eigenvalue weighted by Crippen LogP contribution is 2.27. The van der Waals surface area contributed by atoms with Crippen LogP contribution in [-0.4, -0.2) is 59.7 Å². The fourth-order valence-electron chi connectivity index (χ4n) is 2.60. The summed E-state index contributed by atoms with van der Waals surface area (Å²) in [4.78, 5) is 40.7. The van der Waals surface area contributed by atoms with Crippen LogP contribution in [-0.2, 0) is 20.9 Å². The number of carbonyl (C=O) groups excluding carboxylic acids is 3. The van der Waals surface area contributed by atoms with Gasteiger partial charge >= 0.3 is 12.0 Å². The van der Waals surface area contributed by atoms with Gasteiger partial charge in [0.05, 0.1) is 6.61 Å². The number of piperidine rings is 1. The second kappa shape index (κ2) is 9.12. The lowest BCUT2D eigenvalue weighted by Gasteiger charge is -2.35. The summed E-state index contributed by atoms with van der Waals surface area (Å²) in [7, 11) is 0. The summed E-state index contributed by atoms with van der Waals surface area (Å²) in [6.45, 7) is 2.07. The lowest BCUT2D eigenvalue weighted by molar-refractivity contribution is -0.141. The fraction of sp³-hybridized carbons (Fsp3) is 0.529. The van der Waals surface area contributed by atoms with Crippen molar-refractivity contribution in [2.45, 2.75) is 32.0 Å². The molecule has 1 aliphatic rings. The summed E-state index contributed by atoms with van der Waals surface area (Å²) in [5.74, 6) is -1.21.